The second-order valence-corrected chi connectivity index (χ2v) is 3.83. The molecule has 0 fully saturated rings. The standard InChI is InChI=1S/C12H17N3O2/c1-15(2)14-8-11(16)9-17-12-6-4-3-5-10(12)7-13/h3-6,11,14,16H,8-9H2,1-2H3. The van der Waals surface area contributed by atoms with Gasteiger partial charge in [0.05, 0.1) is 5.56 Å². The Morgan fingerprint density at radius 2 is 2.18 bits per heavy atom. The Kier molecular flexibility index (Phi) is 5.43. The summed E-state index contributed by atoms with van der Waals surface area (Å²) in [5.41, 5.74) is 3.42. The topological polar surface area (TPSA) is 68.5 Å². The van der Waals surface area contributed by atoms with Crippen LogP contribution in [0.5, 0.6) is 5.75 Å². The zero-order valence-electron chi connectivity index (χ0n) is 10.1. The fourth-order valence-electron chi connectivity index (χ4n) is 1.22. The third-order valence-electron chi connectivity index (χ3n) is 2.08. The van der Waals surface area contributed by atoms with Crippen molar-refractivity contribution in [3.63, 3.8) is 0 Å². The van der Waals surface area contributed by atoms with Gasteiger partial charge in [-0.2, -0.15) is 5.26 Å². The molecular weight excluding hydrogens is 218 g/mol. The van der Waals surface area contributed by atoms with E-state index < -0.39 is 6.10 Å². The molecular formula is C12H17N3O2. The maximum absolute atomic E-state index is 9.63. The maximum Gasteiger partial charge on any atom is 0.137 e. The van der Waals surface area contributed by atoms with Crippen LogP contribution in [0.25, 0.3) is 0 Å². The van der Waals surface area contributed by atoms with Gasteiger partial charge in [0.1, 0.15) is 24.5 Å². The van der Waals surface area contributed by atoms with Crippen LogP contribution in [0.1, 0.15) is 5.56 Å². The number of aliphatic hydroxyl groups is 1. The molecule has 17 heavy (non-hydrogen) atoms. The Labute approximate surface area is 101 Å². The van der Waals surface area contributed by atoms with Crippen molar-refractivity contribution in [3.05, 3.63) is 29.8 Å². The van der Waals surface area contributed by atoms with E-state index in [2.05, 4.69) is 5.43 Å². The zero-order chi connectivity index (χ0) is 12.7. The van der Waals surface area contributed by atoms with E-state index in [0.29, 0.717) is 17.9 Å². The molecule has 0 saturated heterocycles. The summed E-state index contributed by atoms with van der Waals surface area (Å²) in [6.45, 7) is 0.557. The minimum atomic E-state index is -0.621. The van der Waals surface area contributed by atoms with Crippen molar-refractivity contribution in [2.24, 2.45) is 0 Å². The van der Waals surface area contributed by atoms with Gasteiger partial charge in [-0.1, -0.05) is 12.1 Å². The van der Waals surface area contributed by atoms with Crippen molar-refractivity contribution in [3.8, 4) is 11.8 Å². The highest BCUT2D eigenvalue weighted by molar-refractivity contribution is 5.42. The van der Waals surface area contributed by atoms with Gasteiger partial charge < -0.3 is 9.84 Å². The van der Waals surface area contributed by atoms with Gasteiger partial charge in [0.2, 0.25) is 0 Å². The molecule has 0 aliphatic carbocycles. The molecule has 1 aromatic carbocycles. The van der Waals surface area contributed by atoms with E-state index in [0.717, 1.165) is 0 Å². The van der Waals surface area contributed by atoms with Gasteiger partial charge in [-0.3, -0.25) is 10.4 Å². The largest absolute Gasteiger partial charge is 0.489 e. The second-order valence-electron chi connectivity index (χ2n) is 3.83. The lowest BCUT2D eigenvalue weighted by molar-refractivity contribution is 0.0883. The van der Waals surface area contributed by atoms with Crippen LogP contribution in [0.15, 0.2) is 24.3 Å². The van der Waals surface area contributed by atoms with E-state index in [1.807, 2.05) is 20.2 Å². The molecule has 1 atom stereocenters. The predicted octanol–water partition coefficient (Wildman–Crippen LogP) is 0.364. The number of ether oxygens (including phenoxy) is 1. The maximum atomic E-state index is 9.63. The highest BCUT2D eigenvalue weighted by atomic mass is 16.5. The van der Waals surface area contributed by atoms with Crippen molar-refractivity contribution in [1.82, 2.24) is 10.4 Å². The van der Waals surface area contributed by atoms with Crippen molar-refractivity contribution in [1.29, 1.82) is 5.26 Å². The Hall–Kier alpha value is -1.61. The summed E-state index contributed by atoms with van der Waals surface area (Å²) in [6, 6.07) is 9.00. The molecule has 0 spiro atoms. The van der Waals surface area contributed by atoms with Crippen LogP contribution in [-0.2, 0) is 0 Å². The first-order valence-electron chi connectivity index (χ1n) is 5.34. The molecule has 0 aliphatic heterocycles. The first kappa shape index (κ1) is 13.5. The van der Waals surface area contributed by atoms with E-state index in [1.165, 1.54) is 0 Å². The number of para-hydroxylation sites is 1. The Morgan fingerprint density at radius 1 is 1.47 bits per heavy atom. The molecule has 2 N–H and O–H groups in total. The third-order valence-corrected chi connectivity index (χ3v) is 2.08. The minimum absolute atomic E-state index is 0.152. The molecule has 5 heteroatoms. The van der Waals surface area contributed by atoms with Crippen molar-refractivity contribution >= 4 is 0 Å². The molecule has 0 saturated carbocycles. The smallest absolute Gasteiger partial charge is 0.137 e. The zero-order valence-corrected chi connectivity index (χ0v) is 10.1. The number of nitrogens with one attached hydrogen (secondary N) is 1. The molecule has 5 nitrogen and oxygen atoms in total. The normalized spacial score (nSPS) is 12.2. The number of hydrogen-bond donors (Lipinski definition) is 2. The second kappa shape index (κ2) is 6.86. The van der Waals surface area contributed by atoms with Gasteiger partial charge in [0.25, 0.3) is 0 Å². The molecule has 92 valence electrons. The average molecular weight is 235 g/mol. The molecule has 1 rings (SSSR count). The lowest BCUT2D eigenvalue weighted by Gasteiger charge is -2.17. The monoisotopic (exact) mass is 235 g/mol. The summed E-state index contributed by atoms with van der Waals surface area (Å²) in [5, 5.41) is 20.2. The van der Waals surface area contributed by atoms with Crippen LogP contribution < -0.4 is 10.2 Å². The van der Waals surface area contributed by atoms with Crippen LogP contribution in [0.4, 0.5) is 0 Å². The minimum Gasteiger partial charge on any atom is -0.489 e. The molecule has 1 unspecified atom stereocenters. The van der Waals surface area contributed by atoms with Crippen LogP contribution in [0.2, 0.25) is 0 Å². The molecule has 0 radical (unpaired) electrons. The summed E-state index contributed by atoms with van der Waals surface area (Å²) < 4.78 is 5.39. The summed E-state index contributed by atoms with van der Waals surface area (Å²) >= 11 is 0. The predicted molar refractivity (Wildman–Crippen MR) is 64.3 cm³/mol. The average Bonchev–Trinajstić information content (AvgIpc) is 2.34. The number of aliphatic hydroxyl groups excluding tert-OH is 1. The highest BCUT2D eigenvalue weighted by Gasteiger charge is 2.07. The summed E-state index contributed by atoms with van der Waals surface area (Å²) in [6.07, 6.45) is -0.621. The number of hydrazine groups is 1. The molecule has 1 aromatic rings. The van der Waals surface area contributed by atoms with Gasteiger partial charge >= 0.3 is 0 Å². The first-order chi connectivity index (χ1) is 8.13. The lowest BCUT2D eigenvalue weighted by atomic mass is 10.2. The fraction of sp³-hybridized carbons (Fsp3) is 0.417. The van der Waals surface area contributed by atoms with Crippen LogP contribution in [-0.4, -0.2) is 43.5 Å². The molecule has 0 heterocycles. The van der Waals surface area contributed by atoms with Gasteiger partial charge in [-0.25, -0.2) is 0 Å². The summed E-state index contributed by atoms with van der Waals surface area (Å²) in [7, 11) is 3.69. The number of benzene rings is 1. The summed E-state index contributed by atoms with van der Waals surface area (Å²) in [4.78, 5) is 0. The molecule has 0 bridgehead atoms. The van der Waals surface area contributed by atoms with E-state index in [9.17, 15) is 5.11 Å². The van der Waals surface area contributed by atoms with Gasteiger partial charge in [0, 0.05) is 20.6 Å². The quantitative estimate of drug-likeness (QED) is 0.697. The van der Waals surface area contributed by atoms with Gasteiger partial charge in [-0.15, -0.1) is 0 Å². The fourth-order valence-corrected chi connectivity index (χ4v) is 1.22. The third kappa shape index (κ3) is 4.83. The Balaban J connectivity index is 2.42. The van der Waals surface area contributed by atoms with Crippen molar-refractivity contribution < 1.29 is 9.84 Å². The van der Waals surface area contributed by atoms with E-state index in [-0.39, 0.29) is 6.61 Å². The van der Waals surface area contributed by atoms with Gasteiger partial charge in [0.15, 0.2) is 0 Å². The van der Waals surface area contributed by atoms with E-state index in [1.54, 1.807) is 29.3 Å². The SMILES string of the molecule is CN(C)NCC(O)COc1ccccc1C#N. The summed E-state index contributed by atoms with van der Waals surface area (Å²) in [5.74, 6) is 0.499. The Morgan fingerprint density at radius 3 is 2.82 bits per heavy atom. The number of nitrogens with zero attached hydrogens (tertiary/aromatic N) is 2. The molecule has 0 amide bonds. The molecule has 0 aromatic heterocycles. The number of hydrogen-bond acceptors (Lipinski definition) is 5. The van der Waals surface area contributed by atoms with Crippen LogP contribution >= 0.6 is 0 Å². The lowest BCUT2D eigenvalue weighted by Crippen LogP contribution is -2.39. The van der Waals surface area contributed by atoms with E-state index in [4.69, 9.17) is 10.00 Å². The molecule has 0 aliphatic rings. The van der Waals surface area contributed by atoms with E-state index >= 15 is 0 Å². The van der Waals surface area contributed by atoms with Crippen molar-refractivity contribution in [2.45, 2.75) is 6.10 Å². The first-order valence-corrected chi connectivity index (χ1v) is 5.34. The van der Waals surface area contributed by atoms with Crippen LogP contribution in [0.3, 0.4) is 0 Å². The van der Waals surface area contributed by atoms with Gasteiger partial charge in [-0.05, 0) is 12.1 Å². The number of nitriles is 1. The number of rotatable bonds is 6. The highest BCUT2D eigenvalue weighted by Crippen LogP contribution is 2.16. The van der Waals surface area contributed by atoms with Crippen molar-refractivity contribution in [2.75, 3.05) is 27.2 Å². The Bertz CT molecular complexity index is 388. The van der Waals surface area contributed by atoms with Crippen LogP contribution in [0, 0.1) is 11.3 Å².